The SMILES string of the molecule is O=C1c2ccc3c4c(ccc(c24)C(=O)N1CCCCO)C(O)(O)N(CCCCO)C3=O. The Morgan fingerprint density at radius 3 is 1.77 bits per heavy atom. The maximum atomic E-state index is 13.1. The summed E-state index contributed by atoms with van der Waals surface area (Å²) in [5.74, 6) is -4.26. The largest absolute Gasteiger partial charge is 0.396 e. The van der Waals surface area contributed by atoms with Crippen LogP contribution in [-0.2, 0) is 5.91 Å². The lowest BCUT2D eigenvalue weighted by atomic mass is 9.84. The smallest absolute Gasteiger partial charge is 0.278 e. The van der Waals surface area contributed by atoms with E-state index in [1.54, 1.807) is 0 Å². The third-order valence-corrected chi connectivity index (χ3v) is 5.90. The Kier molecular flexibility index (Phi) is 5.52. The molecule has 3 amide bonds. The maximum Gasteiger partial charge on any atom is 0.278 e. The Balaban J connectivity index is 1.84. The predicted molar refractivity (Wildman–Crippen MR) is 109 cm³/mol. The summed E-state index contributed by atoms with van der Waals surface area (Å²) in [5.41, 5.74) is 0.654. The van der Waals surface area contributed by atoms with E-state index in [1.807, 2.05) is 0 Å². The van der Waals surface area contributed by atoms with Gasteiger partial charge in [0.1, 0.15) is 0 Å². The molecule has 2 heterocycles. The summed E-state index contributed by atoms with van der Waals surface area (Å²) in [7, 11) is 0. The molecule has 0 bridgehead atoms. The first-order valence-electron chi connectivity index (χ1n) is 10.3. The highest BCUT2D eigenvalue weighted by Gasteiger charge is 2.46. The number of hydrogen-bond acceptors (Lipinski definition) is 7. The van der Waals surface area contributed by atoms with Crippen LogP contribution in [0.15, 0.2) is 24.3 Å². The van der Waals surface area contributed by atoms with Crippen LogP contribution in [0.2, 0.25) is 0 Å². The summed E-state index contributed by atoms with van der Waals surface area (Å²) in [4.78, 5) is 41.2. The second-order valence-corrected chi connectivity index (χ2v) is 7.79. The van der Waals surface area contributed by atoms with Crippen molar-refractivity contribution in [3.05, 3.63) is 46.5 Å². The van der Waals surface area contributed by atoms with Crippen molar-refractivity contribution >= 4 is 28.5 Å². The number of unbranched alkanes of at least 4 members (excludes halogenated alkanes) is 2. The average molecular weight is 428 g/mol. The first-order valence-corrected chi connectivity index (χ1v) is 10.3. The van der Waals surface area contributed by atoms with Crippen LogP contribution >= 0.6 is 0 Å². The highest BCUT2D eigenvalue weighted by atomic mass is 16.5. The predicted octanol–water partition coefficient (Wildman–Crippen LogP) is 0.531. The second-order valence-electron chi connectivity index (χ2n) is 7.79. The molecule has 2 aliphatic rings. The standard InChI is InChI=1S/C22H24N2O7/c25-11-3-1-9-23-19(27)13-5-6-15-18-16(8-7-14(17(13)18)20(23)28)22(30,31)24(21(15)29)10-2-4-12-26/h5-8,25-26,30-31H,1-4,9-12H2. The molecule has 31 heavy (non-hydrogen) atoms. The van der Waals surface area contributed by atoms with E-state index >= 15 is 0 Å². The van der Waals surface area contributed by atoms with E-state index < -0.39 is 23.6 Å². The van der Waals surface area contributed by atoms with Crippen LogP contribution in [-0.4, -0.2) is 74.3 Å². The van der Waals surface area contributed by atoms with Crippen LogP contribution < -0.4 is 0 Å². The highest BCUT2D eigenvalue weighted by Crippen LogP contribution is 2.42. The van der Waals surface area contributed by atoms with Gasteiger partial charge in [0.05, 0.1) is 0 Å². The molecular weight excluding hydrogens is 404 g/mol. The van der Waals surface area contributed by atoms with Crippen LogP contribution in [0.5, 0.6) is 0 Å². The minimum atomic E-state index is -2.61. The van der Waals surface area contributed by atoms with E-state index in [9.17, 15) is 24.6 Å². The van der Waals surface area contributed by atoms with E-state index in [0.717, 1.165) is 9.80 Å². The van der Waals surface area contributed by atoms with Crippen molar-refractivity contribution in [2.24, 2.45) is 0 Å². The number of aliphatic hydroxyl groups is 4. The van der Waals surface area contributed by atoms with Crippen molar-refractivity contribution in [2.45, 2.75) is 31.6 Å². The van der Waals surface area contributed by atoms with Crippen molar-refractivity contribution in [3.63, 3.8) is 0 Å². The fourth-order valence-electron chi connectivity index (χ4n) is 4.35. The van der Waals surface area contributed by atoms with Gasteiger partial charge < -0.3 is 20.4 Å². The normalized spacial score (nSPS) is 17.1. The number of imide groups is 1. The second kappa shape index (κ2) is 8.01. The van der Waals surface area contributed by atoms with Gasteiger partial charge in [-0.25, -0.2) is 0 Å². The molecule has 0 aromatic heterocycles. The summed E-state index contributed by atoms with van der Waals surface area (Å²) in [6.45, 7) is 0.0579. The molecule has 2 aromatic carbocycles. The van der Waals surface area contributed by atoms with Crippen molar-refractivity contribution in [1.29, 1.82) is 0 Å². The number of hydrogen-bond donors (Lipinski definition) is 4. The molecule has 2 aliphatic heterocycles. The molecule has 0 saturated carbocycles. The number of carbonyl (C=O) groups is 3. The molecule has 2 aromatic rings. The average Bonchev–Trinajstić information content (AvgIpc) is 2.75. The van der Waals surface area contributed by atoms with Gasteiger partial charge in [-0.15, -0.1) is 0 Å². The molecule has 0 fully saturated rings. The summed E-state index contributed by atoms with van der Waals surface area (Å²) in [6.07, 6.45) is 1.68. The summed E-state index contributed by atoms with van der Waals surface area (Å²) < 4.78 is 0. The third-order valence-electron chi connectivity index (χ3n) is 5.90. The molecule has 164 valence electrons. The van der Waals surface area contributed by atoms with Crippen molar-refractivity contribution in [3.8, 4) is 0 Å². The quantitative estimate of drug-likeness (QED) is 0.273. The van der Waals surface area contributed by atoms with E-state index in [4.69, 9.17) is 10.2 Å². The number of aliphatic hydroxyl groups excluding tert-OH is 2. The van der Waals surface area contributed by atoms with E-state index in [0.29, 0.717) is 25.7 Å². The number of benzene rings is 2. The van der Waals surface area contributed by atoms with Crippen LogP contribution in [0.25, 0.3) is 10.8 Å². The van der Waals surface area contributed by atoms with E-state index in [1.165, 1.54) is 24.3 Å². The molecule has 9 heteroatoms. The Hall–Kier alpha value is -2.85. The molecule has 4 N–H and O–H groups in total. The lowest BCUT2D eigenvalue weighted by molar-refractivity contribution is -0.256. The fourth-order valence-corrected chi connectivity index (χ4v) is 4.35. The summed E-state index contributed by atoms with van der Waals surface area (Å²) in [5, 5.41) is 40.1. The molecule has 0 spiro atoms. The van der Waals surface area contributed by atoms with Crippen molar-refractivity contribution in [1.82, 2.24) is 9.80 Å². The van der Waals surface area contributed by atoms with Gasteiger partial charge in [-0.2, -0.15) is 0 Å². The summed E-state index contributed by atoms with van der Waals surface area (Å²) >= 11 is 0. The van der Waals surface area contributed by atoms with Gasteiger partial charge >= 0.3 is 0 Å². The molecule has 0 radical (unpaired) electrons. The summed E-state index contributed by atoms with van der Waals surface area (Å²) in [6, 6.07) is 5.81. The lowest BCUT2D eigenvalue weighted by Gasteiger charge is -2.41. The molecule has 0 atom stereocenters. The number of amides is 3. The van der Waals surface area contributed by atoms with Gasteiger partial charge in [0, 0.05) is 59.3 Å². The van der Waals surface area contributed by atoms with Crippen molar-refractivity contribution in [2.75, 3.05) is 26.3 Å². The van der Waals surface area contributed by atoms with Gasteiger partial charge in [-0.3, -0.25) is 24.2 Å². The van der Waals surface area contributed by atoms with Crippen LogP contribution in [0.4, 0.5) is 0 Å². The van der Waals surface area contributed by atoms with Gasteiger partial charge in [0.15, 0.2) is 0 Å². The molecular formula is C22H24N2O7. The van der Waals surface area contributed by atoms with Gasteiger partial charge in [-0.1, -0.05) is 6.07 Å². The van der Waals surface area contributed by atoms with Gasteiger partial charge in [-0.05, 0) is 43.9 Å². The topological polar surface area (TPSA) is 139 Å². The third kappa shape index (κ3) is 3.21. The van der Waals surface area contributed by atoms with E-state index in [-0.39, 0.29) is 59.3 Å². The van der Waals surface area contributed by atoms with Gasteiger partial charge in [0.2, 0.25) is 0 Å². The lowest BCUT2D eigenvalue weighted by Crippen LogP contribution is -2.53. The van der Waals surface area contributed by atoms with Gasteiger partial charge in [0.25, 0.3) is 23.6 Å². The van der Waals surface area contributed by atoms with E-state index in [2.05, 4.69) is 0 Å². The van der Waals surface area contributed by atoms with Crippen LogP contribution in [0.3, 0.4) is 0 Å². The van der Waals surface area contributed by atoms with Crippen molar-refractivity contribution < 1.29 is 34.8 Å². The zero-order chi connectivity index (χ0) is 22.3. The minimum absolute atomic E-state index is 0.0212. The number of nitrogens with zero attached hydrogens (tertiary/aromatic N) is 2. The molecule has 9 nitrogen and oxygen atoms in total. The number of rotatable bonds is 8. The molecule has 0 unspecified atom stereocenters. The number of carbonyl (C=O) groups excluding carboxylic acids is 3. The first kappa shape index (κ1) is 21.4. The Morgan fingerprint density at radius 1 is 0.677 bits per heavy atom. The fraction of sp³-hybridized carbons (Fsp3) is 0.409. The monoisotopic (exact) mass is 428 g/mol. The zero-order valence-corrected chi connectivity index (χ0v) is 16.9. The molecule has 4 rings (SSSR count). The first-order chi connectivity index (χ1) is 14.8. The maximum absolute atomic E-state index is 13.1. The molecule has 0 aliphatic carbocycles. The Bertz CT molecular complexity index is 1060. The Morgan fingerprint density at radius 2 is 1.19 bits per heavy atom. The zero-order valence-electron chi connectivity index (χ0n) is 16.9. The van der Waals surface area contributed by atoms with Crippen LogP contribution in [0.1, 0.15) is 62.3 Å². The minimum Gasteiger partial charge on any atom is -0.396 e. The van der Waals surface area contributed by atoms with Crippen LogP contribution in [0, 0.1) is 0 Å². The highest BCUT2D eigenvalue weighted by molar-refractivity contribution is 6.28. The molecule has 0 saturated heterocycles. The Labute approximate surface area is 178 Å².